The standard InChI is InChI=1S/C17H29N2O7P/c1-17(2,3)26-27(23,24)25-13-7-11-18-14(20)8-5-4-6-12-19-15(21)9-10-16(19)22/h9-10H,4-8,11-13H2,1-3H3,(H,18,20)(H,23,24)/p-1. The quantitative estimate of drug-likeness (QED) is 0.296. The molecule has 9 nitrogen and oxygen atoms in total. The maximum absolute atomic E-state index is 11.7. The van der Waals surface area contributed by atoms with Crippen LogP contribution in [-0.2, 0) is 28.0 Å². The van der Waals surface area contributed by atoms with E-state index in [0.717, 1.165) is 6.42 Å². The van der Waals surface area contributed by atoms with E-state index in [1.54, 1.807) is 20.8 Å². The van der Waals surface area contributed by atoms with Crippen molar-refractivity contribution in [2.45, 2.75) is 58.5 Å². The largest absolute Gasteiger partial charge is 0.756 e. The lowest BCUT2D eigenvalue weighted by Gasteiger charge is -2.30. The summed E-state index contributed by atoms with van der Waals surface area (Å²) in [5, 5.41) is 2.68. The summed E-state index contributed by atoms with van der Waals surface area (Å²) in [5.41, 5.74) is -0.850. The van der Waals surface area contributed by atoms with Gasteiger partial charge < -0.3 is 19.3 Å². The Kier molecular flexibility index (Phi) is 9.32. The number of rotatable bonds is 12. The van der Waals surface area contributed by atoms with Crippen molar-refractivity contribution < 1.29 is 32.9 Å². The topological polar surface area (TPSA) is 125 Å². The van der Waals surface area contributed by atoms with Gasteiger partial charge in [-0.2, -0.15) is 0 Å². The predicted molar refractivity (Wildman–Crippen MR) is 96.4 cm³/mol. The molecule has 1 N–H and O–H groups in total. The average molecular weight is 403 g/mol. The third-order valence-corrected chi connectivity index (χ3v) is 4.73. The number of hydrogen-bond acceptors (Lipinski definition) is 7. The second kappa shape index (κ2) is 10.7. The minimum Gasteiger partial charge on any atom is -0.756 e. The molecule has 0 bridgehead atoms. The number of hydrogen-bond donors (Lipinski definition) is 1. The number of nitrogens with zero attached hydrogens (tertiary/aromatic N) is 1. The zero-order valence-corrected chi connectivity index (χ0v) is 17.0. The highest BCUT2D eigenvalue weighted by Crippen LogP contribution is 2.42. The van der Waals surface area contributed by atoms with Gasteiger partial charge in [-0.1, -0.05) is 6.42 Å². The number of carbonyl (C=O) groups is 3. The van der Waals surface area contributed by atoms with Crippen molar-refractivity contribution in [3.63, 3.8) is 0 Å². The number of unbranched alkanes of at least 4 members (excludes halogenated alkanes) is 2. The number of phosphoric acid groups is 1. The summed E-state index contributed by atoms with van der Waals surface area (Å²) in [4.78, 5) is 47.1. The van der Waals surface area contributed by atoms with Gasteiger partial charge in [-0.05, 0) is 40.0 Å². The lowest BCUT2D eigenvalue weighted by Crippen LogP contribution is -2.30. The first-order valence-electron chi connectivity index (χ1n) is 8.97. The molecule has 1 rings (SSSR count). The fraction of sp³-hybridized carbons (Fsp3) is 0.706. The highest BCUT2D eigenvalue weighted by Gasteiger charge is 2.22. The monoisotopic (exact) mass is 403 g/mol. The molecule has 1 atom stereocenters. The highest BCUT2D eigenvalue weighted by molar-refractivity contribution is 7.45. The molecule has 154 valence electrons. The SMILES string of the molecule is CC(C)(C)OP(=O)([O-])OCCCNC(=O)CCCCCN1C(=O)C=CC1=O. The Morgan fingerprint density at radius 1 is 1.15 bits per heavy atom. The van der Waals surface area contributed by atoms with Crippen molar-refractivity contribution in [3.05, 3.63) is 12.2 Å². The zero-order chi connectivity index (χ0) is 20.5. The molecule has 0 aromatic carbocycles. The van der Waals surface area contributed by atoms with Crippen molar-refractivity contribution in [2.75, 3.05) is 19.7 Å². The molecule has 27 heavy (non-hydrogen) atoms. The van der Waals surface area contributed by atoms with Crippen molar-refractivity contribution in [1.82, 2.24) is 10.2 Å². The number of imide groups is 1. The van der Waals surface area contributed by atoms with Crippen molar-refractivity contribution in [2.24, 2.45) is 0 Å². The summed E-state index contributed by atoms with van der Waals surface area (Å²) < 4.78 is 21.1. The fourth-order valence-electron chi connectivity index (χ4n) is 2.31. The number of amides is 3. The van der Waals surface area contributed by atoms with Crippen LogP contribution in [0.3, 0.4) is 0 Å². The summed E-state index contributed by atoms with van der Waals surface area (Å²) in [7, 11) is -4.34. The molecule has 0 aromatic rings. The Hall–Kier alpha value is -1.54. The second-order valence-corrected chi connectivity index (χ2v) is 8.49. The number of nitrogens with one attached hydrogen (secondary N) is 1. The summed E-state index contributed by atoms with van der Waals surface area (Å²) in [6.07, 6.45) is 5.18. The van der Waals surface area contributed by atoms with Crippen LogP contribution in [0.2, 0.25) is 0 Å². The van der Waals surface area contributed by atoms with E-state index < -0.39 is 13.4 Å². The van der Waals surface area contributed by atoms with Crippen molar-refractivity contribution >= 4 is 25.5 Å². The molecule has 0 spiro atoms. The lowest BCUT2D eigenvalue weighted by atomic mass is 10.2. The summed E-state index contributed by atoms with van der Waals surface area (Å²) in [5.74, 6) is -0.729. The van der Waals surface area contributed by atoms with Crippen LogP contribution >= 0.6 is 7.82 Å². The van der Waals surface area contributed by atoms with Gasteiger partial charge in [0.1, 0.15) is 0 Å². The first-order valence-corrected chi connectivity index (χ1v) is 10.4. The molecule has 1 aliphatic heterocycles. The molecule has 3 amide bonds. The van der Waals surface area contributed by atoms with E-state index in [0.29, 0.717) is 38.8 Å². The smallest absolute Gasteiger partial charge is 0.268 e. The van der Waals surface area contributed by atoms with Crippen LogP contribution in [0, 0.1) is 0 Å². The van der Waals surface area contributed by atoms with Gasteiger partial charge in [0, 0.05) is 31.7 Å². The molecule has 10 heteroatoms. The molecule has 0 saturated carbocycles. The minimum atomic E-state index is -4.34. The van der Waals surface area contributed by atoms with Gasteiger partial charge >= 0.3 is 0 Å². The van der Waals surface area contributed by atoms with Crippen LogP contribution in [0.5, 0.6) is 0 Å². The molecule has 0 radical (unpaired) electrons. The Morgan fingerprint density at radius 3 is 2.37 bits per heavy atom. The van der Waals surface area contributed by atoms with E-state index in [-0.39, 0.29) is 24.3 Å². The second-order valence-electron chi connectivity index (χ2n) is 7.16. The van der Waals surface area contributed by atoms with Crippen LogP contribution in [-0.4, -0.2) is 47.9 Å². The van der Waals surface area contributed by atoms with Gasteiger partial charge in [0.15, 0.2) is 0 Å². The van der Waals surface area contributed by atoms with E-state index in [1.165, 1.54) is 17.1 Å². The molecular weight excluding hydrogens is 375 g/mol. The van der Waals surface area contributed by atoms with Crippen LogP contribution < -0.4 is 10.2 Å². The highest BCUT2D eigenvalue weighted by atomic mass is 31.2. The fourth-order valence-corrected chi connectivity index (χ4v) is 3.39. The summed E-state index contributed by atoms with van der Waals surface area (Å²) in [6.45, 7) is 5.42. The van der Waals surface area contributed by atoms with E-state index >= 15 is 0 Å². The maximum Gasteiger partial charge on any atom is 0.268 e. The van der Waals surface area contributed by atoms with Gasteiger partial charge in [0.2, 0.25) is 5.91 Å². The van der Waals surface area contributed by atoms with Crippen LogP contribution in [0.25, 0.3) is 0 Å². The van der Waals surface area contributed by atoms with E-state index in [9.17, 15) is 23.8 Å². The van der Waals surface area contributed by atoms with E-state index in [1.807, 2.05) is 0 Å². The van der Waals surface area contributed by atoms with Crippen molar-refractivity contribution in [3.8, 4) is 0 Å². The van der Waals surface area contributed by atoms with E-state index in [2.05, 4.69) is 5.32 Å². The molecular formula is C17H28N2O7P-. The molecule has 0 fully saturated rings. The van der Waals surface area contributed by atoms with Gasteiger partial charge in [-0.25, -0.2) is 0 Å². The van der Waals surface area contributed by atoms with Crippen molar-refractivity contribution in [1.29, 1.82) is 0 Å². The Balaban J connectivity index is 2.02. The predicted octanol–water partition coefficient (Wildman–Crippen LogP) is 1.28. The average Bonchev–Trinajstić information content (AvgIpc) is 2.83. The normalized spacial score (nSPS) is 16.7. The molecule has 0 aliphatic carbocycles. The third-order valence-electron chi connectivity index (χ3n) is 3.46. The summed E-state index contributed by atoms with van der Waals surface area (Å²) in [6, 6.07) is 0. The molecule has 0 aromatic heterocycles. The molecule has 0 saturated heterocycles. The minimum absolute atomic E-state index is 0.0664. The van der Waals surface area contributed by atoms with E-state index in [4.69, 9.17) is 9.05 Å². The van der Waals surface area contributed by atoms with Gasteiger partial charge in [0.25, 0.3) is 19.6 Å². The Bertz CT molecular complexity index is 595. The Morgan fingerprint density at radius 2 is 1.78 bits per heavy atom. The first kappa shape index (κ1) is 23.5. The van der Waals surface area contributed by atoms with Crippen LogP contribution in [0.1, 0.15) is 52.9 Å². The lowest BCUT2D eigenvalue weighted by molar-refractivity contribution is -0.233. The molecule has 1 aliphatic rings. The van der Waals surface area contributed by atoms with Gasteiger partial charge in [0.05, 0.1) is 12.2 Å². The maximum atomic E-state index is 11.7. The molecule has 1 unspecified atom stereocenters. The first-order chi connectivity index (χ1) is 12.5. The van der Waals surface area contributed by atoms with Gasteiger partial charge in [-0.15, -0.1) is 0 Å². The van der Waals surface area contributed by atoms with Crippen LogP contribution in [0.15, 0.2) is 12.2 Å². The number of phosphoric ester groups is 1. The Labute approximate surface area is 159 Å². The molecule has 1 heterocycles. The number of carbonyl (C=O) groups excluding carboxylic acids is 3. The third kappa shape index (κ3) is 10.4. The zero-order valence-electron chi connectivity index (χ0n) is 16.1. The summed E-state index contributed by atoms with van der Waals surface area (Å²) >= 11 is 0. The van der Waals surface area contributed by atoms with Crippen LogP contribution in [0.4, 0.5) is 0 Å². The van der Waals surface area contributed by atoms with Gasteiger partial charge in [-0.3, -0.25) is 23.8 Å².